The third-order valence-electron chi connectivity index (χ3n) is 2.67. The zero-order valence-electron chi connectivity index (χ0n) is 9.35. The number of Topliss-reactive ketones (excluding diaryl/α,β-unsaturated/α-hetero) is 1. The van der Waals surface area contributed by atoms with Gasteiger partial charge in [-0.1, -0.05) is 38.2 Å². The largest absolute Gasteiger partial charge is 0.299 e. The Kier molecular flexibility index (Phi) is 4.12. The second kappa shape index (κ2) is 4.40. The SMILES string of the molecule is C=C(C)/C=C/C(C)(C(C)=O)C(C)C. The van der Waals surface area contributed by atoms with Gasteiger partial charge in [0.15, 0.2) is 0 Å². The van der Waals surface area contributed by atoms with Crippen molar-refractivity contribution < 1.29 is 4.79 Å². The van der Waals surface area contributed by atoms with E-state index in [1.165, 1.54) is 0 Å². The third kappa shape index (κ3) is 3.17. The lowest BCUT2D eigenvalue weighted by atomic mass is 9.75. The molecule has 0 aliphatic heterocycles. The number of allylic oxidation sites excluding steroid dienone is 3. The fraction of sp³-hybridized carbons (Fsp3) is 0.583. The number of hydrogen-bond acceptors (Lipinski definition) is 1. The van der Waals surface area contributed by atoms with Crippen molar-refractivity contribution in [2.24, 2.45) is 11.3 Å². The van der Waals surface area contributed by atoms with E-state index in [1.807, 2.05) is 26.0 Å². The van der Waals surface area contributed by atoms with E-state index in [2.05, 4.69) is 20.4 Å². The van der Waals surface area contributed by atoms with Gasteiger partial charge in [0.05, 0.1) is 0 Å². The van der Waals surface area contributed by atoms with E-state index in [-0.39, 0.29) is 11.2 Å². The molecule has 0 aromatic heterocycles. The number of ketones is 1. The summed E-state index contributed by atoms with van der Waals surface area (Å²) in [5, 5.41) is 0. The highest BCUT2D eigenvalue weighted by Crippen LogP contribution is 2.30. The van der Waals surface area contributed by atoms with E-state index in [9.17, 15) is 4.79 Å². The van der Waals surface area contributed by atoms with Crippen LogP contribution in [0.5, 0.6) is 0 Å². The maximum atomic E-state index is 11.4. The van der Waals surface area contributed by atoms with Crippen LogP contribution in [0.2, 0.25) is 0 Å². The van der Waals surface area contributed by atoms with Crippen LogP contribution in [0.15, 0.2) is 24.3 Å². The summed E-state index contributed by atoms with van der Waals surface area (Å²) >= 11 is 0. The predicted octanol–water partition coefficient (Wildman–Crippen LogP) is 3.37. The van der Waals surface area contributed by atoms with E-state index >= 15 is 0 Å². The maximum absolute atomic E-state index is 11.4. The van der Waals surface area contributed by atoms with Gasteiger partial charge >= 0.3 is 0 Å². The summed E-state index contributed by atoms with van der Waals surface area (Å²) in [7, 11) is 0. The summed E-state index contributed by atoms with van der Waals surface area (Å²) in [6, 6.07) is 0. The molecule has 0 amide bonds. The number of carbonyl (C=O) groups excluding carboxylic acids is 1. The molecular formula is C12H20O. The van der Waals surface area contributed by atoms with Crippen LogP contribution < -0.4 is 0 Å². The Bertz CT molecular complexity index is 236. The highest BCUT2D eigenvalue weighted by Gasteiger charge is 2.30. The first kappa shape index (κ1) is 12.2. The zero-order valence-corrected chi connectivity index (χ0v) is 9.35. The van der Waals surface area contributed by atoms with Gasteiger partial charge in [-0.15, -0.1) is 0 Å². The second-order valence-electron chi connectivity index (χ2n) is 4.17. The molecule has 0 spiro atoms. The first-order chi connectivity index (χ1) is 5.80. The van der Waals surface area contributed by atoms with Crippen LogP contribution in [0.25, 0.3) is 0 Å². The molecule has 0 aliphatic carbocycles. The van der Waals surface area contributed by atoms with Crippen molar-refractivity contribution >= 4 is 5.78 Å². The van der Waals surface area contributed by atoms with Gasteiger partial charge in [-0.3, -0.25) is 4.79 Å². The van der Waals surface area contributed by atoms with E-state index in [4.69, 9.17) is 0 Å². The molecule has 1 heteroatoms. The molecule has 74 valence electrons. The molecule has 0 aromatic carbocycles. The van der Waals surface area contributed by atoms with Gasteiger partial charge in [-0.2, -0.15) is 0 Å². The molecule has 0 N–H and O–H groups in total. The van der Waals surface area contributed by atoms with Crippen LogP contribution in [-0.4, -0.2) is 5.78 Å². The van der Waals surface area contributed by atoms with Crippen molar-refractivity contribution in [1.29, 1.82) is 0 Å². The Balaban J connectivity index is 4.82. The van der Waals surface area contributed by atoms with Gasteiger partial charge in [-0.05, 0) is 26.7 Å². The first-order valence-electron chi connectivity index (χ1n) is 4.66. The summed E-state index contributed by atoms with van der Waals surface area (Å²) < 4.78 is 0. The Morgan fingerprint density at radius 1 is 1.38 bits per heavy atom. The van der Waals surface area contributed by atoms with E-state index in [0.717, 1.165) is 5.57 Å². The minimum absolute atomic E-state index is 0.208. The molecular weight excluding hydrogens is 160 g/mol. The van der Waals surface area contributed by atoms with Gasteiger partial charge in [0, 0.05) is 5.41 Å². The van der Waals surface area contributed by atoms with Crippen molar-refractivity contribution in [2.45, 2.75) is 34.6 Å². The second-order valence-corrected chi connectivity index (χ2v) is 4.17. The monoisotopic (exact) mass is 180 g/mol. The molecule has 0 aromatic rings. The average molecular weight is 180 g/mol. The molecule has 0 heterocycles. The van der Waals surface area contributed by atoms with Crippen molar-refractivity contribution in [2.75, 3.05) is 0 Å². The highest BCUT2D eigenvalue weighted by molar-refractivity contribution is 5.84. The normalized spacial score (nSPS) is 16.2. The molecule has 0 aliphatic rings. The Morgan fingerprint density at radius 3 is 2.08 bits per heavy atom. The Morgan fingerprint density at radius 2 is 1.85 bits per heavy atom. The minimum atomic E-state index is -0.348. The van der Waals surface area contributed by atoms with Gasteiger partial charge < -0.3 is 0 Å². The molecule has 0 rings (SSSR count). The molecule has 0 radical (unpaired) electrons. The van der Waals surface area contributed by atoms with Crippen LogP contribution in [-0.2, 0) is 4.79 Å². The summed E-state index contributed by atoms with van der Waals surface area (Å²) in [5.41, 5.74) is 0.631. The summed E-state index contributed by atoms with van der Waals surface area (Å²) in [6.07, 6.45) is 3.88. The summed E-state index contributed by atoms with van der Waals surface area (Å²) in [5.74, 6) is 0.528. The van der Waals surface area contributed by atoms with E-state index in [0.29, 0.717) is 5.92 Å². The third-order valence-corrected chi connectivity index (χ3v) is 2.67. The molecule has 0 saturated carbocycles. The van der Waals surface area contributed by atoms with Crippen molar-refractivity contribution in [1.82, 2.24) is 0 Å². The number of hydrogen-bond donors (Lipinski definition) is 0. The fourth-order valence-corrected chi connectivity index (χ4v) is 1.03. The van der Waals surface area contributed by atoms with Crippen LogP contribution in [0, 0.1) is 11.3 Å². The predicted molar refractivity (Wildman–Crippen MR) is 57.6 cm³/mol. The smallest absolute Gasteiger partial charge is 0.139 e. The first-order valence-corrected chi connectivity index (χ1v) is 4.66. The Hall–Kier alpha value is -0.850. The van der Waals surface area contributed by atoms with E-state index in [1.54, 1.807) is 6.92 Å². The van der Waals surface area contributed by atoms with Crippen molar-refractivity contribution in [3.05, 3.63) is 24.3 Å². The van der Waals surface area contributed by atoms with Crippen molar-refractivity contribution in [3.8, 4) is 0 Å². The van der Waals surface area contributed by atoms with Crippen LogP contribution >= 0.6 is 0 Å². The Labute approximate surface area is 81.5 Å². The standard InChI is InChI=1S/C12H20O/c1-9(2)7-8-12(6,10(3)4)11(5)13/h7-8,10H,1H2,2-6H3/b8-7+. The van der Waals surface area contributed by atoms with Gasteiger partial charge in [0.25, 0.3) is 0 Å². The quantitative estimate of drug-likeness (QED) is 0.606. The lowest BCUT2D eigenvalue weighted by Crippen LogP contribution is -2.29. The molecule has 13 heavy (non-hydrogen) atoms. The van der Waals surface area contributed by atoms with E-state index < -0.39 is 0 Å². The number of rotatable bonds is 4. The van der Waals surface area contributed by atoms with Crippen LogP contribution in [0.1, 0.15) is 34.6 Å². The topological polar surface area (TPSA) is 17.1 Å². The summed E-state index contributed by atoms with van der Waals surface area (Å²) in [6.45, 7) is 13.4. The highest BCUT2D eigenvalue weighted by atomic mass is 16.1. The molecule has 1 unspecified atom stereocenters. The zero-order chi connectivity index (χ0) is 10.6. The molecule has 1 atom stereocenters. The lowest BCUT2D eigenvalue weighted by molar-refractivity contribution is -0.125. The van der Waals surface area contributed by atoms with Crippen LogP contribution in [0.3, 0.4) is 0 Å². The molecule has 0 bridgehead atoms. The number of carbonyl (C=O) groups is 1. The molecule has 0 fully saturated rings. The summed E-state index contributed by atoms with van der Waals surface area (Å²) in [4.78, 5) is 11.4. The molecule has 1 nitrogen and oxygen atoms in total. The maximum Gasteiger partial charge on any atom is 0.139 e. The molecule has 0 saturated heterocycles. The lowest BCUT2D eigenvalue weighted by Gasteiger charge is -2.27. The minimum Gasteiger partial charge on any atom is -0.299 e. The average Bonchev–Trinajstić information content (AvgIpc) is 1.99. The van der Waals surface area contributed by atoms with Gasteiger partial charge in [0.2, 0.25) is 0 Å². The van der Waals surface area contributed by atoms with Gasteiger partial charge in [-0.25, -0.2) is 0 Å². The van der Waals surface area contributed by atoms with Gasteiger partial charge in [0.1, 0.15) is 5.78 Å². The fourth-order valence-electron chi connectivity index (χ4n) is 1.03. The van der Waals surface area contributed by atoms with Crippen LogP contribution in [0.4, 0.5) is 0 Å². The van der Waals surface area contributed by atoms with Crippen molar-refractivity contribution in [3.63, 3.8) is 0 Å².